The van der Waals surface area contributed by atoms with E-state index in [0.717, 1.165) is 11.8 Å². The van der Waals surface area contributed by atoms with E-state index in [1.165, 1.54) is 6.07 Å². The molecule has 3 aromatic heterocycles. The Morgan fingerprint density at radius 1 is 1.00 bits per heavy atom. The molecule has 11 nitrogen and oxygen atoms in total. The van der Waals surface area contributed by atoms with E-state index in [1.807, 2.05) is 24.5 Å². The first-order valence-electron chi connectivity index (χ1n) is 13.7. The van der Waals surface area contributed by atoms with E-state index in [0.29, 0.717) is 49.9 Å². The highest BCUT2D eigenvalue weighted by atomic mass is 19.1. The third-order valence-electron chi connectivity index (χ3n) is 7.21. The number of rotatable bonds is 9. The molecule has 42 heavy (non-hydrogen) atoms. The van der Waals surface area contributed by atoms with Crippen LogP contribution in [0.1, 0.15) is 44.1 Å². The zero-order chi connectivity index (χ0) is 30.0. The summed E-state index contributed by atoms with van der Waals surface area (Å²) in [5.74, 6) is -1.11. The highest BCUT2D eigenvalue weighted by Crippen LogP contribution is 2.30. The van der Waals surface area contributed by atoms with Crippen LogP contribution in [0, 0.1) is 18.6 Å². The van der Waals surface area contributed by atoms with Gasteiger partial charge in [0.2, 0.25) is 11.9 Å². The van der Waals surface area contributed by atoms with E-state index < -0.39 is 17.6 Å². The molecule has 0 radical (unpaired) electrons. The van der Waals surface area contributed by atoms with Crippen LogP contribution >= 0.6 is 0 Å². The minimum Gasteiger partial charge on any atom is -0.481 e. The van der Waals surface area contributed by atoms with Gasteiger partial charge in [-0.05, 0) is 44.5 Å². The van der Waals surface area contributed by atoms with E-state index >= 15 is 0 Å². The number of piperazine rings is 1. The first kappa shape index (κ1) is 29.0. The molecule has 1 aliphatic rings. The van der Waals surface area contributed by atoms with Gasteiger partial charge in [0.1, 0.15) is 22.9 Å². The molecule has 0 aliphatic carbocycles. The van der Waals surface area contributed by atoms with Crippen LogP contribution < -0.4 is 5.32 Å². The summed E-state index contributed by atoms with van der Waals surface area (Å²) in [7, 11) is 0. The van der Waals surface area contributed by atoms with E-state index in [9.17, 15) is 18.4 Å². The number of carbonyl (C=O) groups excluding carboxylic acids is 1. The number of anilines is 2. The van der Waals surface area contributed by atoms with Crippen molar-refractivity contribution in [3.8, 4) is 11.3 Å². The van der Waals surface area contributed by atoms with Crippen LogP contribution in [0.4, 0.5) is 20.5 Å². The number of carboxylic acid groups (broad SMARTS) is 1. The zero-order valence-corrected chi connectivity index (χ0v) is 23.6. The van der Waals surface area contributed by atoms with Gasteiger partial charge < -0.3 is 19.9 Å². The molecule has 0 bridgehead atoms. The predicted octanol–water partition coefficient (Wildman–Crippen LogP) is 4.31. The maximum atomic E-state index is 15.0. The van der Waals surface area contributed by atoms with E-state index in [-0.39, 0.29) is 47.5 Å². The van der Waals surface area contributed by atoms with Gasteiger partial charge in [0.25, 0.3) is 0 Å². The monoisotopic (exact) mass is 578 g/mol. The first-order chi connectivity index (χ1) is 20.1. The van der Waals surface area contributed by atoms with Crippen molar-refractivity contribution < 1.29 is 23.5 Å². The van der Waals surface area contributed by atoms with Crippen molar-refractivity contribution in [1.29, 1.82) is 0 Å². The van der Waals surface area contributed by atoms with Gasteiger partial charge in [0.05, 0.1) is 18.1 Å². The number of hydrogen-bond donors (Lipinski definition) is 2. The Hall–Kier alpha value is -4.52. The predicted molar refractivity (Wildman–Crippen MR) is 152 cm³/mol. The van der Waals surface area contributed by atoms with E-state index in [2.05, 4.69) is 30.2 Å². The molecule has 0 atom stereocenters. The van der Waals surface area contributed by atoms with Crippen LogP contribution in [-0.2, 0) is 16.1 Å². The average molecular weight is 579 g/mol. The van der Waals surface area contributed by atoms with Crippen molar-refractivity contribution in [2.45, 2.75) is 46.2 Å². The highest BCUT2D eigenvalue weighted by Gasteiger charge is 2.22. The quantitative estimate of drug-likeness (QED) is 0.298. The van der Waals surface area contributed by atoms with Crippen molar-refractivity contribution >= 4 is 34.7 Å². The summed E-state index contributed by atoms with van der Waals surface area (Å²) in [6.07, 6.45) is 2.62. The molecule has 0 saturated carbocycles. The minimum atomic E-state index is -0.975. The molecule has 1 saturated heterocycles. The van der Waals surface area contributed by atoms with Crippen molar-refractivity contribution in [3.05, 3.63) is 59.7 Å². The number of nitrogens with one attached hydrogen (secondary N) is 1. The molecule has 1 aliphatic heterocycles. The van der Waals surface area contributed by atoms with Gasteiger partial charge in [-0.3, -0.25) is 14.5 Å². The molecule has 0 unspecified atom stereocenters. The molecule has 220 valence electrons. The summed E-state index contributed by atoms with van der Waals surface area (Å²) < 4.78 is 31.7. The second kappa shape index (κ2) is 12.1. The fourth-order valence-electron chi connectivity index (χ4n) is 5.18. The number of fused-ring (bicyclic) bond motifs is 1. The van der Waals surface area contributed by atoms with Crippen molar-refractivity contribution in [2.75, 3.05) is 31.5 Å². The first-order valence-corrected chi connectivity index (χ1v) is 13.7. The van der Waals surface area contributed by atoms with Crippen molar-refractivity contribution in [1.82, 2.24) is 34.3 Å². The van der Waals surface area contributed by atoms with E-state index in [4.69, 9.17) is 5.11 Å². The number of hydrogen-bond acceptors (Lipinski definition) is 8. The topological polar surface area (TPSA) is 129 Å². The zero-order valence-electron chi connectivity index (χ0n) is 23.6. The number of imidazole rings is 1. The Kier molecular flexibility index (Phi) is 8.39. The fourth-order valence-corrected chi connectivity index (χ4v) is 5.18. The van der Waals surface area contributed by atoms with Gasteiger partial charge in [-0.2, -0.15) is 0 Å². The molecule has 13 heteroatoms. The Bertz CT molecular complexity index is 1620. The summed E-state index contributed by atoms with van der Waals surface area (Å²) in [6.45, 7) is 8.84. The SMILES string of the molecule is Cc1nc2c(F)cc(-c3nc(Nc4ccc(CN5CCN(C(=O)CCC(=O)O)CC5)cn4)ncc3F)cc2n1C(C)C. The fraction of sp³-hybridized carbons (Fsp3) is 0.379. The van der Waals surface area contributed by atoms with Crippen molar-refractivity contribution in [2.24, 2.45) is 0 Å². The summed E-state index contributed by atoms with van der Waals surface area (Å²) in [5.41, 5.74) is 1.99. The number of carbonyl (C=O) groups is 2. The summed E-state index contributed by atoms with van der Waals surface area (Å²) in [5, 5.41) is 11.8. The summed E-state index contributed by atoms with van der Waals surface area (Å²) >= 11 is 0. The number of aryl methyl sites for hydroxylation is 1. The van der Waals surface area contributed by atoms with Crippen LogP contribution in [0.25, 0.3) is 22.3 Å². The van der Waals surface area contributed by atoms with Gasteiger partial charge in [0.15, 0.2) is 11.6 Å². The molecule has 1 fully saturated rings. The number of benzene rings is 1. The molecule has 2 N–H and O–H groups in total. The molecule has 4 heterocycles. The second-order valence-electron chi connectivity index (χ2n) is 10.6. The average Bonchev–Trinajstić information content (AvgIpc) is 3.30. The standard InChI is InChI=1S/C29H32F2N8O3/c1-17(2)39-18(3)34-28-21(30)12-20(13-23(28)39)27-22(31)15-33-29(36-27)35-24-5-4-19(14-32-24)16-37-8-10-38(11-9-37)25(40)6-7-26(41)42/h4-5,12-15,17H,6-11,16H2,1-3H3,(H,41,42)(H,32,33,35,36). The number of pyridine rings is 1. The number of amides is 1. The lowest BCUT2D eigenvalue weighted by molar-refractivity contribution is -0.141. The molecule has 4 aromatic rings. The third kappa shape index (κ3) is 6.35. The highest BCUT2D eigenvalue weighted by molar-refractivity contribution is 5.83. The second-order valence-corrected chi connectivity index (χ2v) is 10.6. The number of aliphatic carboxylic acids is 1. The molecule has 0 spiro atoms. The van der Waals surface area contributed by atoms with Gasteiger partial charge in [-0.25, -0.2) is 28.7 Å². The van der Waals surface area contributed by atoms with Crippen LogP contribution in [-0.4, -0.2) is 77.5 Å². The Morgan fingerprint density at radius 2 is 1.76 bits per heavy atom. The Morgan fingerprint density at radius 3 is 2.43 bits per heavy atom. The number of carboxylic acids is 1. The van der Waals surface area contributed by atoms with Crippen LogP contribution in [0.5, 0.6) is 0 Å². The number of nitrogens with zero attached hydrogens (tertiary/aromatic N) is 7. The lowest BCUT2D eigenvalue weighted by Crippen LogP contribution is -2.48. The van der Waals surface area contributed by atoms with Gasteiger partial charge >= 0.3 is 5.97 Å². The van der Waals surface area contributed by atoms with Gasteiger partial charge in [-0.15, -0.1) is 0 Å². The third-order valence-corrected chi connectivity index (χ3v) is 7.21. The molecule has 5 rings (SSSR count). The molecular weight excluding hydrogens is 546 g/mol. The van der Waals surface area contributed by atoms with E-state index in [1.54, 1.807) is 30.2 Å². The lowest BCUT2D eigenvalue weighted by Gasteiger charge is -2.34. The minimum absolute atomic E-state index is 0.0164. The normalized spacial score (nSPS) is 14.1. The largest absolute Gasteiger partial charge is 0.481 e. The van der Waals surface area contributed by atoms with Gasteiger partial charge in [-0.1, -0.05) is 6.07 Å². The number of halogens is 2. The molecular formula is C29H32F2N8O3. The van der Waals surface area contributed by atoms with Crippen molar-refractivity contribution in [3.63, 3.8) is 0 Å². The maximum Gasteiger partial charge on any atom is 0.303 e. The van der Waals surface area contributed by atoms with Crippen LogP contribution in [0.15, 0.2) is 36.7 Å². The number of aromatic nitrogens is 5. The summed E-state index contributed by atoms with van der Waals surface area (Å²) in [6, 6.07) is 6.63. The Labute approximate surface area is 241 Å². The molecule has 1 amide bonds. The maximum absolute atomic E-state index is 15.0. The molecule has 1 aromatic carbocycles. The smallest absolute Gasteiger partial charge is 0.303 e. The lowest BCUT2D eigenvalue weighted by atomic mass is 10.1. The van der Waals surface area contributed by atoms with Gasteiger partial charge in [0, 0.05) is 56.9 Å². The van der Waals surface area contributed by atoms with Crippen LogP contribution in [0.3, 0.4) is 0 Å². The summed E-state index contributed by atoms with van der Waals surface area (Å²) in [4.78, 5) is 43.9. The van der Waals surface area contributed by atoms with Crippen LogP contribution in [0.2, 0.25) is 0 Å². The Balaban J connectivity index is 1.24.